The fourth-order valence-corrected chi connectivity index (χ4v) is 0.692. The first-order valence-corrected chi connectivity index (χ1v) is 3.46. The monoisotopic (exact) mass is 136 g/mol. The summed E-state index contributed by atoms with van der Waals surface area (Å²) in [4.78, 5) is 0. The van der Waals surface area contributed by atoms with Crippen LogP contribution in [0.1, 0.15) is 26.2 Å². The summed E-state index contributed by atoms with van der Waals surface area (Å²) in [6.45, 7) is 2.27. The van der Waals surface area contributed by atoms with Crippen LogP contribution in [0.5, 0.6) is 0 Å². The van der Waals surface area contributed by atoms with Gasteiger partial charge in [-0.2, -0.15) is 0 Å². The van der Waals surface area contributed by atoms with E-state index >= 15 is 0 Å². The average Bonchev–Trinajstić information content (AvgIpc) is 1.66. The van der Waals surface area contributed by atoms with Gasteiger partial charge in [-0.15, -0.1) is 11.6 Å². The van der Waals surface area contributed by atoms with Crippen molar-refractivity contribution >= 4 is 11.6 Å². The average molecular weight is 137 g/mol. The summed E-state index contributed by atoms with van der Waals surface area (Å²) in [7, 11) is 0. The normalized spacial score (nSPS) is 13.9. The van der Waals surface area contributed by atoms with Crippen LogP contribution in [-0.4, -0.2) is 17.1 Å². The van der Waals surface area contributed by atoms with E-state index in [0.29, 0.717) is 6.61 Å². The molecule has 0 spiro atoms. The molecule has 0 radical (unpaired) electrons. The van der Waals surface area contributed by atoms with Gasteiger partial charge in [0.05, 0.1) is 0 Å². The highest BCUT2D eigenvalue weighted by molar-refractivity contribution is 6.20. The van der Waals surface area contributed by atoms with Crippen LogP contribution in [0.25, 0.3) is 0 Å². The molecule has 0 aliphatic rings. The minimum atomic E-state index is 0.265. The number of aliphatic hydroxyl groups is 1. The molecule has 0 saturated heterocycles. The molecule has 1 N–H and O–H groups in total. The van der Waals surface area contributed by atoms with Gasteiger partial charge in [0.1, 0.15) is 0 Å². The molecule has 1 nitrogen and oxygen atoms in total. The first kappa shape index (κ1) is 8.25. The third kappa shape index (κ3) is 6.25. The van der Waals surface area contributed by atoms with Crippen molar-refractivity contribution in [1.82, 2.24) is 0 Å². The van der Waals surface area contributed by atoms with Gasteiger partial charge in [-0.3, -0.25) is 0 Å². The van der Waals surface area contributed by atoms with Crippen molar-refractivity contribution in [3.8, 4) is 0 Å². The Balaban J connectivity index is 2.72. The topological polar surface area (TPSA) is 20.2 Å². The molecule has 0 aromatic rings. The van der Waals surface area contributed by atoms with Gasteiger partial charge in [-0.05, 0) is 26.2 Å². The maximum Gasteiger partial charge on any atom is 0.0431 e. The highest BCUT2D eigenvalue weighted by atomic mass is 35.5. The Labute approximate surface area is 55.7 Å². The molecule has 1 atom stereocenters. The standard InChI is InChI=1S/C6H13ClO/c1-6(7)4-2-3-5-8/h6,8H,2-5H2,1H3/t6-/m0/s1. The fourth-order valence-electron chi connectivity index (χ4n) is 0.537. The summed E-state index contributed by atoms with van der Waals surface area (Å²) >= 11 is 5.63. The van der Waals surface area contributed by atoms with E-state index in [1.807, 2.05) is 6.92 Å². The zero-order valence-electron chi connectivity index (χ0n) is 5.23. The molecule has 8 heavy (non-hydrogen) atoms. The van der Waals surface area contributed by atoms with Gasteiger partial charge in [-0.25, -0.2) is 0 Å². The van der Waals surface area contributed by atoms with Crippen molar-refractivity contribution in [2.24, 2.45) is 0 Å². The summed E-state index contributed by atoms with van der Waals surface area (Å²) < 4.78 is 0. The number of halogens is 1. The van der Waals surface area contributed by atoms with Gasteiger partial charge >= 0.3 is 0 Å². The number of aliphatic hydroxyl groups excluding tert-OH is 1. The first-order valence-electron chi connectivity index (χ1n) is 3.02. The predicted octanol–water partition coefficient (Wildman–Crippen LogP) is 1.78. The second-order valence-electron chi connectivity index (χ2n) is 2.00. The summed E-state index contributed by atoms with van der Waals surface area (Å²) in [5.41, 5.74) is 0. The molecule has 0 aromatic carbocycles. The molecule has 0 heterocycles. The van der Waals surface area contributed by atoms with E-state index in [-0.39, 0.29) is 5.38 Å². The molecular formula is C6H13ClO. The molecule has 0 aliphatic heterocycles. The lowest BCUT2D eigenvalue weighted by atomic mass is 10.2. The summed E-state index contributed by atoms with van der Waals surface area (Å²) in [5.74, 6) is 0. The number of alkyl halides is 1. The lowest BCUT2D eigenvalue weighted by Crippen LogP contribution is -1.91. The molecule has 0 saturated carbocycles. The minimum Gasteiger partial charge on any atom is -0.396 e. The van der Waals surface area contributed by atoms with Gasteiger partial charge in [-0.1, -0.05) is 0 Å². The Morgan fingerprint density at radius 1 is 1.50 bits per heavy atom. The van der Waals surface area contributed by atoms with Crippen LogP contribution in [0.15, 0.2) is 0 Å². The van der Waals surface area contributed by atoms with E-state index in [4.69, 9.17) is 16.7 Å². The maximum atomic E-state index is 8.34. The van der Waals surface area contributed by atoms with Crippen LogP contribution < -0.4 is 0 Å². The third-order valence-corrected chi connectivity index (χ3v) is 1.23. The van der Waals surface area contributed by atoms with E-state index in [1.54, 1.807) is 0 Å². The molecule has 0 aliphatic carbocycles. The lowest BCUT2D eigenvalue weighted by molar-refractivity contribution is 0.283. The van der Waals surface area contributed by atoms with Gasteiger partial charge in [0.2, 0.25) is 0 Å². The smallest absolute Gasteiger partial charge is 0.0431 e. The fraction of sp³-hybridized carbons (Fsp3) is 1.00. The van der Waals surface area contributed by atoms with E-state index in [0.717, 1.165) is 19.3 Å². The number of hydrogen-bond donors (Lipinski definition) is 1. The Hall–Kier alpha value is 0.250. The maximum absolute atomic E-state index is 8.34. The Morgan fingerprint density at radius 3 is 2.50 bits per heavy atom. The molecule has 0 aromatic heterocycles. The zero-order valence-corrected chi connectivity index (χ0v) is 5.99. The largest absolute Gasteiger partial charge is 0.396 e. The van der Waals surface area contributed by atoms with E-state index in [2.05, 4.69) is 0 Å². The van der Waals surface area contributed by atoms with Gasteiger partial charge in [0.25, 0.3) is 0 Å². The van der Waals surface area contributed by atoms with E-state index in [1.165, 1.54) is 0 Å². The second kappa shape index (κ2) is 5.39. The summed E-state index contributed by atoms with van der Waals surface area (Å²) in [5, 5.41) is 8.60. The Kier molecular flexibility index (Phi) is 5.56. The third-order valence-electron chi connectivity index (χ3n) is 1.01. The van der Waals surface area contributed by atoms with Crippen molar-refractivity contribution < 1.29 is 5.11 Å². The zero-order chi connectivity index (χ0) is 6.41. The molecule has 2 heteroatoms. The Bertz CT molecular complexity index is 45.8. The number of hydrogen-bond acceptors (Lipinski definition) is 1. The number of unbranched alkanes of at least 4 members (excludes halogenated alkanes) is 1. The molecule has 0 bridgehead atoms. The Morgan fingerprint density at radius 2 is 2.12 bits per heavy atom. The highest BCUT2D eigenvalue weighted by Gasteiger charge is 1.93. The second-order valence-corrected chi connectivity index (χ2v) is 2.75. The molecule has 0 amide bonds. The molecule has 50 valence electrons. The lowest BCUT2D eigenvalue weighted by Gasteiger charge is -1.98. The predicted molar refractivity (Wildman–Crippen MR) is 36.3 cm³/mol. The van der Waals surface area contributed by atoms with Crippen LogP contribution in [0.3, 0.4) is 0 Å². The van der Waals surface area contributed by atoms with Crippen LogP contribution in [0.4, 0.5) is 0 Å². The van der Waals surface area contributed by atoms with Crippen molar-refractivity contribution in [3.63, 3.8) is 0 Å². The van der Waals surface area contributed by atoms with Crippen LogP contribution in [0, 0.1) is 0 Å². The van der Waals surface area contributed by atoms with Crippen LogP contribution in [0.2, 0.25) is 0 Å². The summed E-state index contributed by atoms with van der Waals surface area (Å²) in [6, 6.07) is 0. The molecule has 0 unspecified atom stereocenters. The SMILES string of the molecule is C[C@H](Cl)CCCCO. The van der Waals surface area contributed by atoms with E-state index < -0.39 is 0 Å². The van der Waals surface area contributed by atoms with Crippen LogP contribution >= 0.6 is 11.6 Å². The van der Waals surface area contributed by atoms with Gasteiger partial charge in [0, 0.05) is 12.0 Å². The molecule has 0 rings (SSSR count). The molecular weight excluding hydrogens is 124 g/mol. The summed E-state index contributed by atoms with van der Waals surface area (Å²) in [6.07, 6.45) is 2.94. The van der Waals surface area contributed by atoms with Crippen molar-refractivity contribution in [2.45, 2.75) is 31.6 Å². The molecule has 0 fully saturated rings. The van der Waals surface area contributed by atoms with Gasteiger partial charge < -0.3 is 5.11 Å². The quantitative estimate of drug-likeness (QED) is 0.462. The van der Waals surface area contributed by atoms with E-state index in [9.17, 15) is 0 Å². The van der Waals surface area contributed by atoms with Crippen molar-refractivity contribution in [3.05, 3.63) is 0 Å². The first-order chi connectivity index (χ1) is 3.77. The van der Waals surface area contributed by atoms with Crippen molar-refractivity contribution in [2.75, 3.05) is 6.61 Å². The minimum absolute atomic E-state index is 0.265. The highest BCUT2D eigenvalue weighted by Crippen LogP contribution is 2.04. The van der Waals surface area contributed by atoms with Crippen molar-refractivity contribution in [1.29, 1.82) is 0 Å². The van der Waals surface area contributed by atoms with Crippen LogP contribution in [-0.2, 0) is 0 Å². The van der Waals surface area contributed by atoms with Gasteiger partial charge in [0.15, 0.2) is 0 Å². The number of rotatable bonds is 4.